The molecule has 1 N–H and O–H groups in total. The van der Waals surface area contributed by atoms with Crippen molar-refractivity contribution in [2.24, 2.45) is 0 Å². The maximum absolute atomic E-state index is 11.6. The van der Waals surface area contributed by atoms with E-state index in [0.717, 1.165) is 11.8 Å². The van der Waals surface area contributed by atoms with Crippen LogP contribution in [0, 0.1) is 6.92 Å². The zero-order valence-corrected chi connectivity index (χ0v) is 14.5. The molecule has 0 saturated heterocycles. The van der Waals surface area contributed by atoms with Crippen LogP contribution in [0.4, 0.5) is 0 Å². The number of benzene rings is 3. The summed E-state index contributed by atoms with van der Waals surface area (Å²) in [6, 6.07) is 16.6. The van der Waals surface area contributed by atoms with Crippen LogP contribution in [0.5, 0.6) is 11.5 Å². The maximum atomic E-state index is 11.6. The number of hydrogen-bond donors (Lipinski definition) is 1. The first kappa shape index (κ1) is 17.4. The lowest BCUT2D eigenvalue weighted by Crippen LogP contribution is -2.01. The van der Waals surface area contributed by atoms with Crippen molar-refractivity contribution in [3.05, 3.63) is 71.3 Å². The summed E-state index contributed by atoms with van der Waals surface area (Å²) in [5.74, 6) is 0.00536. The number of ether oxygens (including phenoxy) is 1. The smallest absolute Gasteiger partial charge is 0.169 e. The van der Waals surface area contributed by atoms with E-state index in [1.165, 1.54) is 7.11 Å². The normalized spacial score (nSPS) is 10.4. The summed E-state index contributed by atoms with van der Waals surface area (Å²) in [5.41, 5.74) is 4.07. The highest BCUT2D eigenvalue weighted by Crippen LogP contribution is 2.48. The van der Waals surface area contributed by atoms with E-state index in [9.17, 15) is 14.7 Å². The summed E-state index contributed by atoms with van der Waals surface area (Å²) in [6.45, 7) is 1.76. The zero-order valence-electron chi connectivity index (χ0n) is 14.5. The molecule has 130 valence electrons. The largest absolute Gasteiger partial charge is 0.504 e. The number of methoxy groups -OCH3 is 1. The van der Waals surface area contributed by atoms with Crippen LogP contribution in [0.15, 0.2) is 54.6 Å². The van der Waals surface area contributed by atoms with Crippen molar-refractivity contribution >= 4 is 12.6 Å². The van der Waals surface area contributed by atoms with Gasteiger partial charge in [0.1, 0.15) is 0 Å². The van der Waals surface area contributed by atoms with Gasteiger partial charge in [0.05, 0.1) is 12.7 Å². The number of phenolic OH excluding ortho intramolecular Hbond substituents is 1. The number of carbonyl (C=O) groups excluding carboxylic acids is 2. The molecule has 0 unspecified atom stereocenters. The van der Waals surface area contributed by atoms with Crippen LogP contribution in [0.3, 0.4) is 0 Å². The molecule has 4 heteroatoms. The Bertz CT molecular complexity index is 975. The minimum Gasteiger partial charge on any atom is -0.504 e. The van der Waals surface area contributed by atoms with Crippen molar-refractivity contribution in [1.29, 1.82) is 0 Å². The number of aromatic hydroxyl groups is 1. The van der Waals surface area contributed by atoms with Crippen LogP contribution in [-0.2, 0) is 0 Å². The fourth-order valence-corrected chi connectivity index (χ4v) is 3.24. The van der Waals surface area contributed by atoms with E-state index in [4.69, 9.17) is 4.74 Å². The molecule has 0 aliphatic rings. The van der Waals surface area contributed by atoms with E-state index in [2.05, 4.69) is 0 Å². The molecule has 26 heavy (non-hydrogen) atoms. The molecule has 0 spiro atoms. The van der Waals surface area contributed by atoms with E-state index in [1.807, 2.05) is 42.5 Å². The van der Waals surface area contributed by atoms with Gasteiger partial charge in [0.15, 0.2) is 24.1 Å². The number of rotatable bonds is 5. The Morgan fingerprint density at radius 1 is 0.885 bits per heavy atom. The second-order valence-electron chi connectivity index (χ2n) is 5.86. The van der Waals surface area contributed by atoms with E-state index in [-0.39, 0.29) is 17.1 Å². The number of phenols is 1. The first-order chi connectivity index (χ1) is 12.6. The summed E-state index contributed by atoms with van der Waals surface area (Å²) < 4.78 is 5.47. The second-order valence-corrected chi connectivity index (χ2v) is 5.86. The van der Waals surface area contributed by atoms with Gasteiger partial charge in [-0.05, 0) is 29.2 Å². The van der Waals surface area contributed by atoms with E-state index in [0.29, 0.717) is 34.1 Å². The van der Waals surface area contributed by atoms with Crippen molar-refractivity contribution in [3.8, 4) is 33.8 Å². The lowest BCUT2D eigenvalue weighted by atomic mass is 9.85. The van der Waals surface area contributed by atoms with E-state index >= 15 is 0 Å². The van der Waals surface area contributed by atoms with Crippen LogP contribution in [0.1, 0.15) is 26.3 Å². The Morgan fingerprint density at radius 3 is 2.15 bits per heavy atom. The average molecular weight is 346 g/mol. The zero-order chi connectivity index (χ0) is 18.7. The van der Waals surface area contributed by atoms with Crippen LogP contribution < -0.4 is 4.74 Å². The molecule has 0 atom stereocenters. The average Bonchev–Trinajstić information content (AvgIpc) is 2.68. The minimum absolute atomic E-state index is 0.150. The second kappa shape index (κ2) is 7.23. The van der Waals surface area contributed by atoms with Gasteiger partial charge in [-0.25, -0.2) is 0 Å². The van der Waals surface area contributed by atoms with Crippen molar-refractivity contribution in [2.75, 3.05) is 7.11 Å². The van der Waals surface area contributed by atoms with Gasteiger partial charge in [-0.15, -0.1) is 0 Å². The first-order valence-corrected chi connectivity index (χ1v) is 8.12. The highest BCUT2D eigenvalue weighted by atomic mass is 16.5. The Morgan fingerprint density at radius 2 is 1.54 bits per heavy atom. The SMILES string of the molecule is COc1c(O)c(C=O)c(C)c(-c2ccccc2C=O)c1-c1ccccc1. The summed E-state index contributed by atoms with van der Waals surface area (Å²) in [4.78, 5) is 23.2. The van der Waals surface area contributed by atoms with Crippen molar-refractivity contribution < 1.29 is 19.4 Å². The molecule has 3 aromatic rings. The number of carbonyl (C=O) groups is 2. The molecule has 0 aliphatic carbocycles. The van der Waals surface area contributed by atoms with Crippen molar-refractivity contribution in [1.82, 2.24) is 0 Å². The highest BCUT2D eigenvalue weighted by molar-refractivity contribution is 6.01. The summed E-state index contributed by atoms with van der Waals surface area (Å²) >= 11 is 0. The third kappa shape index (κ3) is 2.75. The van der Waals surface area contributed by atoms with E-state index < -0.39 is 0 Å². The molecule has 0 radical (unpaired) electrons. The predicted octanol–water partition coefficient (Wildman–Crippen LogP) is 4.67. The molecule has 4 nitrogen and oxygen atoms in total. The van der Waals surface area contributed by atoms with Gasteiger partial charge in [0, 0.05) is 11.1 Å². The molecular weight excluding hydrogens is 328 g/mol. The molecule has 0 amide bonds. The Hall–Kier alpha value is -3.40. The lowest BCUT2D eigenvalue weighted by Gasteiger charge is -2.21. The third-order valence-corrected chi connectivity index (χ3v) is 4.47. The van der Waals surface area contributed by atoms with Crippen molar-refractivity contribution in [3.63, 3.8) is 0 Å². The van der Waals surface area contributed by atoms with Crippen LogP contribution >= 0.6 is 0 Å². The molecule has 0 fully saturated rings. The number of aldehydes is 2. The third-order valence-electron chi connectivity index (χ3n) is 4.47. The van der Waals surface area contributed by atoms with Crippen molar-refractivity contribution in [2.45, 2.75) is 6.92 Å². The highest BCUT2D eigenvalue weighted by Gasteiger charge is 2.25. The molecule has 0 bridgehead atoms. The monoisotopic (exact) mass is 346 g/mol. The molecule has 0 heterocycles. The van der Waals surface area contributed by atoms with Gasteiger partial charge in [-0.3, -0.25) is 9.59 Å². The van der Waals surface area contributed by atoms with Gasteiger partial charge in [0.2, 0.25) is 0 Å². The summed E-state index contributed by atoms with van der Waals surface area (Å²) in [7, 11) is 1.45. The van der Waals surface area contributed by atoms with Crippen LogP contribution in [-0.4, -0.2) is 24.8 Å². The molecule has 0 aromatic heterocycles. The van der Waals surface area contributed by atoms with E-state index in [1.54, 1.807) is 19.1 Å². The van der Waals surface area contributed by atoms with Gasteiger partial charge in [0.25, 0.3) is 0 Å². The summed E-state index contributed by atoms with van der Waals surface area (Å²) in [5, 5.41) is 10.6. The van der Waals surface area contributed by atoms with Gasteiger partial charge >= 0.3 is 0 Å². The minimum atomic E-state index is -0.203. The van der Waals surface area contributed by atoms with Crippen LogP contribution in [0.2, 0.25) is 0 Å². The van der Waals surface area contributed by atoms with Gasteiger partial charge in [-0.1, -0.05) is 54.6 Å². The fraction of sp³-hybridized carbons (Fsp3) is 0.0909. The lowest BCUT2D eigenvalue weighted by molar-refractivity contribution is 0.111. The molecule has 3 rings (SSSR count). The Balaban J connectivity index is 2.53. The quantitative estimate of drug-likeness (QED) is 0.682. The fourth-order valence-electron chi connectivity index (χ4n) is 3.24. The molecule has 0 aliphatic heterocycles. The van der Waals surface area contributed by atoms with Gasteiger partial charge in [-0.2, -0.15) is 0 Å². The maximum Gasteiger partial charge on any atom is 0.169 e. The predicted molar refractivity (Wildman–Crippen MR) is 101 cm³/mol. The van der Waals surface area contributed by atoms with Gasteiger partial charge < -0.3 is 9.84 Å². The molecule has 0 saturated carbocycles. The Kier molecular flexibility index (Phi) is 4.85. The topological polar surface area (TPSA) is 63.6 Å². The summed E-state index contributed by atoms with van der Waals surface area (Å²) in [6.07, 6.45) is 1.39. The van der Waals surface area contributed by atoms with Crippen LogP contribution in [0.25, 0.3) is 22.3 Å². The first-order valence-electron chi connectivity index (χ1n) is 8.12. The molecule has 3 aromatic carbocycles. The number of hydrogen-bond acceptors (Lipinski definition) is 4. The Labute approximate surface area is 151 Å². The molecular formula is C22H18O4. The standard InChI is InChI=1S/C22H18O4/c1-14-18(13-24)21(25)22(26-2)20(15-8-4-3-5-9-15)19(14)17-11-7-6-10-16(17)12-23/h3-13,25H,1-2H3.